The number of hydrogen-bond acceptors (Lipinski definition) is 4. The van der Waals surface area contributed by atoms with Gasteiger partial charge in [-0.3, -0.25) is 0 Å². The maximum absolute atomic E-state index is 6.56. The molecular weight excluding hydrogens is 807 g/mol. The molecule has 4 heteroatoms. The summed E-state index contributed by atoms with van der Waals surface area (Å²) in [4.78, 5) is 2.34. The van der Waals surface area contributed by atoms with Crippen molar-refractivity contribution in [1.82, 2.24) is 0 Å². The first-order valence-electron chi connectivity index (χ1n) is 22.4. The molecule has 0 N–H and O–H groups in total. The molecule has 0 aliphatic heterocycles. The normalized spacial score (nSPS) is 11.9. The number of nitrogens with zero attached hydrogens (tertiary/aromatic N) is 1. The summed E-state index contributed by atoms with van der Waals surface area (Å²) < 4.78 is 19.3. The van der Waals surface area contributed by atoms with Crippen LogP contribution in [-0.4, -0.2) is 0 Å². The molecule has 3 heterocycles. The van der Waals surface area contributed by atoms with Crippen LogP contribution in [0.3, 0.4) is 0 Å². The van der Waals surface area contributed by atoms with Crippen molar-refractivity contribution in [3.8, 4) is 33.4 Å². The number of fused-ring (bicyclic) bond motifs is 13. The summed E-state index contributed by atoms with van der Waals surface area (Å²) in [5, 5.41) is 11.3. The van der Waals surface area contributed by atoms with Crippen LogP contribution in [0, 0.1) is 0 Å². The van der Waals surface area contributed by atoms with E-state index in [2.05, 4.69) is 217 Å². The third-order valence-electron chi connectivity index (χ3n) is 13.5. The van der Waals surface area contributed by atoms with E-state index in [1.54, 1.807) is 0 Å². The van der Waals surface area contributed by atoms with Gasteiger partial charge in [0.1, 0.15) is 33.5 Å². The Morgan fingerprint density at radius 1 is 0.258 bits per heavy atom. The van der Waals surface area contributed by atoms with Crippen LogP contribution in [0.2, 0.25) is 0 Å². The summed E-state index contributed by atoms with van der Waals surface area (Å²) in [6, 6.07) is 79.8. The van der Waals surface area contributed by atoms with Gasteiger partial charge in [0.25, 0.3) is 0 Å². The van der Waals surface area contributed by atoms with E-state index in [0.29, 0.717) is 0 Å². The van der Waals surface area contributed by atoms with E-state index in [4.69, 9.17) is 13.3 Å². The molecule has 66 heavy (non-hydrogen) atoms. The fraction of sp³-hybridized carbons (Fsp3) is 0. The largest absolute Gasteiger partial charge is 0.456 e. The Kier molecular flexibility index (Phi) is 7.95. The van der Waals surface area contributed by atoms with Crippen molar-refractivity contribution >= 4 is 104 Å². The van der Waals surface area contributed by atoms with Crippen molar-refractivity contribution in [3.05, 3.63) is 224 Å². The first-order valence-corrected chi connectivity index (χ1v) is 22.4. The molecule has 3 aromatic heterocycles. The Hall–Kier alpha value is -8.86. The molecule has 0 aliphatic rings. The molecule has 0 amide bonds. The van der Waals surface area contributed by atoms with Crippen LogP contribution in [0.25, 0.3) is 121 Å². The average molecular weight is 844 g/mol. The number of furan rings is 3. The third-order valence-corrected chi connectivity index (χ3v) is 13.5. The van der Waals surface area contributed by atoms with E-state index < -0.39 is 0 Å². The Morgan fingerprint density at radius 2 is 0.697 bits per heavy atom. The number of para-hydroxylation sites is 1. The lowest BCUT2D eigenvalue weighted by molar-refractivity contribution is 0.669. The van der Waals surface area contributed by atoms with E-state index in [1.165, 1.54) is 10.8 Å². The quantitative estimate of drug-likeness (QED) is 0.167. The minimum Gasteiger partial charge on any atom is -0.456 e. The molecule has 0 radical (unpaired) electrons. The standard InChI is InChI=1S/C62H37NO3/c1-3-11-49-39(9-1)25-34-52-59-47(14-7-17-57(59)65-61(49)52)41-21-30-45(31-22-41)63(44-28-19-38(20-29-44)43-27-36-56-54(37-43)51-13-5-6-16-55(51)64-56)46-32-23-42(24-33-46)48-15-8-18-58-60(48)53-35-26-40-10-2-4-12-50(40)62(53)66-58/h1-37H. The summed E-state index contributed by atoms with van der Waals surface area (Å²) in [5.74, 6) is 0. The zero-order chi connectivity index (χ0) is 43.3. The van der Waals surface area contributed by atoms with E-state index in [0.717, 1.165) is 127 Å². The molecule has 308 valence electrons. The molecule has 0 aliphatic carbocycles. The molecule has 14 rings (SSSR count). The highest BCUT2D eigenvalue weighted by Gasteiger charge is 2.19. The van der Waals surface area contributed by atoms with Crippen molar-refractivity contribution < 1.29 is 13.3 Å². The van der Waals surface area contributed by atoms with Crippen LogP contribution < -0.4 is 4.90 Å². The predicted molar refractivity (Wildman–Crippen MR) is 274 cm³/mol. The zero-order valence-corrected chi connectivity index (χ0v) is 35.5. The van der Waals surface area contributed by atoms with Crippen LogP contribution in [0.4, 0.5) is 17.1 Å². The van der Waals surface area contributed by atoms with E-state index in [9.17, 15) is 0 Å². The van der Waals surface area contributed by atoms with Gasteiger partial charge in [0.05, 0.1) is 0 Å². The second-order valence-electron chi connectivity index (χ2n) is 17.2. The molecule has 4 nitrogen and oxygen atoms in total. The second kappa shape index (κ2) is 14.3. The van der Waals surface area contributed by atoms with Gasteiger partial charge < -0.3 is 18.2 Å². The molecule has 14 aromatic rings. The maximum Gasteiger partial charge on any atom is 0.143 e. The summed E-state index contributed by atoms with van der Waals surface area (Å²) >= 11 is 0. The van der Waals surface area contributed by atoms with Crippen LogP contribution in [0.1, 0.15) is 0 Å². The molecule has 11 aromatic carbocycles. The summed E-state index contributed by atoms with van der Waals surface area (Å²) in [7, 11) is 0. The van der Waals surface area contributed by atoms with Crippen LogP contribution >= 0.6 is 0 Å². The van der Waals surface area contributed by atoms with Gasteiger partial charge in [0.15, 0.2) is 0 Å². The fourth-order valence-corrected chi connectivity index (χ4v) is 10.3. The first-order chi connectivity index (χ1) is 32.7. The van der Waals surface area contributed by atoms with Gasteiger partial charge in [-0.15, -0.1) is 0 Å². The smallest absolute Gasteiger partial charge is 0.143 e. The van der Waals surface area contributed by atoms with Gasteiger partial charge in [-0.05, 0) is 123 Å². The number of benzene rings is 11. The Morgan fingerprint density at radius 3 is 1.24 bits per heavy atom. The van der Waals surface area contributed by atoms with Crippen LogP contribution in [0.5, 0.6) is 0 Å². The third kappa shape index (κ3) is 5.65. The van der Waals surface area contributed by atoms with Crippen molar-refractivity contribution in [3.63, 3.8) is 0 Å². The highest BCUT2D eigenvalue weighted by atomic mass is 16.3. The maximum atomic E-state index is 6.56. The molecule has 0 atom stereocenters. The van der Waals surface area contributed by atoms with Crippen LogP contribution in [0.15, 0.2) is 238 Å². The van der Waals surface area contributed by atoms with E-state index in [1.807, 2.05) is 12.1 Å². The Labute approximate surface area is 378 Å². The highest BCUT2D eigenvalue weighted by Crippen LogP contribution is 2.44. The molecule has 0 bridgehead atoms. The zero-order valence-electron chi connectivity index (χ0n) is 35.5. The fourth-order valence-electron chi connectivity index (χ4n) is 10.3. The summed E-state index contributed by atoms with van der Waals surface area (Å²) in [6.45, 7) is 0. The molecule has 0 saturated carbocycles. The lowest BCUT2D eigenvalue weighted by Gasteiger charge is -2.26. The minimum absolute atomic E-state index is 0.886. The molecule has 0 fully saturated rings. The second-order valence-corrected chi connectivity index (χ2v) is 17.2. The van der Waals surface area contributed by atoms with Gasteiger partial charge in [0, 0.05) is 60.2 Å². The molecule has 0 saturated heterocycles. The Balaban J connectivity index is 0.875. The Bertz CT molecular complexity index is 4010. The highest BCUT2D eigenvalue weighted by molar-refractivity contribution is 6.20. The van der Waals surface area contributed by atoms with Crippen LogP contribution in [-0.2, 0) is 0 Å². The van der Waals surface area contributed by atoms with E-state index >= 15 is 0 Å². The predicted octanol–water partition coefficient (Wildman–Crippen LogP) is 18.2. The summed E-state index contributed by atoms with van der Waals surface area (Å²) in [6.07, 6.45) is 0. The van der Waals surface area contributed by atoms with Gasteiger partial charge in [0.2, 0.25) is 0 Å². The van der Waals surface area contributed by atoms with Crippen molar-refractivity contribution in [2.75, 3.05) is 4.90 Å². The first kappa shape index (κ1) is 36.6. The topological polar surface area (TPSA) is 42.7 Å². The van der Waals surface area contributed by atoms with Gasteiger partial charge in [-0.2, -0.15) is 0 Å². The van der Waals surface area contributed by atoms with Gasteiger partial charge >= 0.3 is 0 Å². The van der Waals surface area contributed by atoms with Crippen molar-refractivity contribution in [1.29, 1.82) is 0 Å². The van der Waals surface area contributed by atoms with Gasteiger partial charge in [-0.1, -0.05) is 146 Å². The molecule has 0 unspecified atom stereocenters. The lowest BCUT2D eigenvalue weighted by atomic mass is 9.97. The number of hydrogen-bond donors (Lipinski definition) is 0. The number of rotatable bonds is 6. The lowest BCUT2D eigenvalue weighted by Crippen LogP contribution is -2.09. The minimum atomic E-state index is 0.886. The van der Waals surface area contributed by atoms with Crippen molar-refractivity contribution in [2.24, 2.45) is 0 Å². The van der Waals surface area contributed by atoms with E-state index in [-0.39, 0.29) is 0 Å². The van der Waals surface area contributed by atoms with Gasteiger partial charge in [-0.25, -0.2) is 0 Å². The molecule has 0 spiro atoms. The average Bonchev–Trinajstić information content (AvgIpc) is 4.09. The van der Waals surface area contributed by atoms with Crippen molar-refractivity contribution in [2.45, 2.75) is 0 Å². The monoisotopic (exact) mass is 843 g/mol. The number of anilines is 3. The SMILES string of the molecule is c1ccc2c(c1)ccc1c2oc2cccc(-c3ccc(N(c4ccc(-c5ccc6oc7ccccc7c6c5)cc4)c4ccc(-c5cccc6oc7c8ccccc8ccc7c56)cc4)cc3)c21. The molecular formula is C62H37NO3. The summed E-state index contributed by atoms with van der Waals surface area (Å²) in [5.41, 5.74) is 15.4.